The van der Waals surface area contributed by atoms with Crippen LogP contribution in [-0.4, -0.2) is 44.1 Å². The van der Waals surface area contributed by atoms with Crippen molar-refractivity contribution in [3.05, 3.63) is 113 Å². The van der Waals surface area contributed by atoms with Crippen LogP contribution in [0, 0.1) is 5.82 Å². The molecule has 2 amide bonds. The van der Waals surface area contributed by atoms with E-state index in [1.807, 2.05) is 12.1 Å². The number of aromatic nitrogens is 3. The van der Waals surface area contributed by atoms with E-state index in [4.69, 9.17) is 10.3 Å². The number of hydrogen-bond acceptors (Lipinski definition) is 8. The molecule has 1 aliphatic rings. The molecule has 4 aromatic rings. The van der Waals surface area contributed by atoms with Gasteiger partial charge in [-0.05, 0) is 29.8 Å². The Morgan fingerprint density at radius 3 is 2.76 bits per heavy atom. The van der Waals surface area contributed by atoms with E-state index >= 15 is 0 Å². The van der Waals surface area contributed by atoms with Gasteiger partial charge >= 0.3 is 0 Å². The molecule has 3 heterocycles. The second-order valence-corrected chi connectivity index (χ2v) is 8.41. The average molecular weight is 512 g/mol. The minimum Gasteiger partial charge on any atom is -0.396 e. The normalized spacial score (nSPS) is 13.5. The summed E-state index contributed by atoms with van der Waals surface area (Å²) in [6, 6.07) is 16.7. The molecule has 0 aliphatic carbocycles. The van der Waals surface area contributed by atoms with E-state index in [1.165, 1.54) is 35.6 Å². The first kappa shape index (κ1) is 24.5. The molecule has 11 heteroatoms. The number of rotatable bonds is 8. The van der Waals surface area contributed by atoms with Crippen molar-refractivity contribution in [3.8, 4) is 0 Å². The highest BCUT2D eigenvalue weighted by Gasteiger charge is 2.28. The lowest BCUT2D eigenvalue weighted by atomic mass is 10.1. The Bertz CT molecular complexity index is 1550. The lowest BCUT2D eigenvalue weighted by molar-refractivity contribution is -0.116. The Labute approximate surface area is 216 Å². The number of fused-ring (bicyclic) bond motifs is 1. The van der Waals surface area contributed by atoms with Crippen molar-refractivity contribution >= 4 is 29.0 Å². The molecule has 0 saturated carbocycles. The Kier molecular flexibility index (Phi) is 6.98. The topological polar surface area (TPSA) is 140 Å². The van der Waals surface area contributed by atoms with Crippen LogP contribution < -0.4 is 11.1 Å². The molecular weight excluding hydrogens is 489 g/mol. The molecular formula is C27H22FN7O3. The van der Waals surface area contributed by atoms with E-state index < -0.39 is 5.91 Å². The summed E-state index contributed by atoms with van der Waals surface area (Å²) in [6.07, 6.45) is 4.33. The van der Waals surface area contributed by atoms with Crippen LogP contribution in [0.1, 0.15) is 33.0 Å². The Morgan fingerprint density at radius 2 is 1.97 bits per heavy atom. The molecule has 0 radical (unpaired) electrons. The monoisotopic (exact) mass is 511 g/mol. The quantitative estimate of drug-likeness (QED) is 0.346. The van der Waals surface area contributed by atoms with Crippen molar-refractivity contribution in [1.29, 1.82) is 0 Å². The van der Waals surface area contributed by atoms with Crippen LogP contribution >= 0.6 is 0 Å². The van der Waals surface area contributed by atoms with Crippen molar-refractivity contribution in [3.63, 3.8) is 0 Å². The number of carbonyl (C=O) groups is 2. The van der Waals surface area contributed by atoms with Gasteiger partial charge in [0.15, 0.2) is 5.82 Å². The van der Waals surface area contributed by atoms with E-state index in [9.17, 15) is 14.0 Å². The molecule has 1 aliphatic heterocycles. The van der Waals surface area contributed by atoms with Crippen molar-refractivity contribution in [2.45, 2.75) is 13.1 Å². The first-order chi connectivity index (χ1) is 18.5. The van der Waals surface area contributed by atoms with Gasteiger partial charge in [-0.15, -0.1) is 0 Å². The maximum absolute atomic E-state index is 14.1. The zero-order chi connectivity index (χ0) is 26.5. The lowest BCUT2D eigenvalue weighted by Crippen LogP contribution is -2.33. The van der Waals surface area contributed by atoms with Gasteiger partial charge in [-0.25, -0.2) is 14.4 Å². The summed E-state index contributed by atoms with van der Waals surface area (Å²) in [7, 11) is 0. The fourth-order valence-electron chi connectivity index (χ4n) is 3.92. The summed E-state index contributed by atoms with van der Waals surface area (Å²) >= 11 is 0. The van der Waals surface area contributed by atoms with Crippen molar-refractivity contribution in [2.24, 2.45) is 10.7 Å². The Hall–Kier alpha value is -5.19. The zero-order valence-corrected chi connectivity index (χ0v) is 20.0. The highest BCUT2D eigenvalue weighted by molar-refractivity contribution is 6.10. The number of allylic oxidation sites excluding steroid dienone is 1. The van der Waals surface area contributed by atoms with Gasteiger partial charge < -0.3 is 20.5 Å². The highest BCUT2D eigenvalue weighted by Crippen LogP contribution is 2.22. The van der Waals surface area contributed by atoms with Gasteiger partial charge in [-0.3, -0.25) is 14.6 Å². The molecule has 0 saturated heterocycles. The van der Waals surface area contributed by atoms with Gasteiger partial charge in [-0.2, -0.15) is 0 Å². The average Bonchev–Trinajstić information content (AvgIpc) is 3.56. The molecule has 0 bridgehead atoms. The smallest absolute Gasteiger partial charge is 0.254 e. The third-order valence-electron chi connectivity index (χ3n) is 5.78. The van der Waals surface area contributed by atoms with E-state index in [1.54, 1.807) is 36.4 Å². The predicted molar refractivity (Wildman–Crippen MR) is 137 cm³/mol. The van der Waals surface area contributed by atoms with Crippen LogP contribution in [0.15, 0.2) is 88.7 Å². The molecule has 0 fully saturated rings. The summed E-state index contributed by atoms with van der Waals surface area (Å²) in [5, 5.41) is 6.57. The van der Waals surface area contributed by atoms with Gasteiger partial charge in [0.1, 0.15) is 30.1 Å². The molecule has 3 N–H and O–H groups in total. The fraction of sp³-hybridized carbons (Fsp3) is 0.111. The van der Waals surface area contributed by atoms with E-state index in [0.717, 1.165) is 5.56 Å². The number of halogens is 1. The number of nitrogens with zero attached hydrogens (tertiary/aromatic N) is 5. The third kappa shape index (κ3) is 5.46. The number of anilines is 1. The van der Waals surface area contributed by atoms with Crippen molar-refractivity contribution < 1.29 is 18.5 Å². The minimum atomic E-state index is -0.409. The number of carbonyl (C=O) groups excluding carboxylic acids is 2. The fourth-order valence-corrected chi connectivity index (χ4v) is 3.92. The summed E-state index contributed by atoms with van der Waals surface area (Å²) in [4.78, 5) is 39.6. The Balaban J connectivity index is 1.30. The number of hydrogen-bond donors (Lipinski definition) is 2. The largest absolute Gasteiger partial charge is 0.396 e. The maximum atomic E-state index is 14.1. The van der Waals surface area contributed by atoms with Crippen LogP contribution in [0.2, 0.25) is 0 Å². The summed E-state index contributed by atoms with van der Waals surface area (Å²) in [5.74, 6) is -0.630. The van der Waals surface area contributed by atoms with Crippen LogP contribution in [0.4, 0.5) is 10.2 Å². The molecule has 0 atom stereocenters. The van der Waals surface area contributed by atoms with Gasteiger partial charge in [-0.1, -0.05) is 41.6 Å². The highest BCUT2D eigenvalue weighted by atomic mass is 19.1. The SMILES string of the molecule is NC(=CC(=NCc1ccccc1F)c1ccon1)c1nccc(NC(=O)CN2Cc3ccccc3C2=O)n1. The number of amides is 2. The van der Waals surface area contributed by atoms with E-state index in [-0.39, 0.29) is 42.2 Å². The second kappa shape index (κ2) is 10.8. The second-order valence-electron chi connectivity index (χ2n) is 8.41. The molecule has 38 heavy (non-hydrogen) atoms. The third-order valence-corrected chi connectivity index (χ3v) is 5.78. The molecule has 190 valence electrons. The van der Waals surface area contributed by atoms with Crippen LogP contribution in [0.3, 0.4) is 0 Å². The van der Waals surface area contributed by atoms with Gasteiger partial charge in [0.25, 0.3) is 5.91 Å². The standard InChI is InChI=1S/C27H22FN7O3/c28-20-8-4-2-5-17(20)14-31-23(22-10-12-38-34-22)13-21(29)26-30-11-9-24(33-26)32-25(36)16-35-15-18-6-1-3-7-19(18)27(35)37/h1-13H,14-16,29H2,(H,30,32,33,36). The van der Waals surface area contributed by atoms with Crippen LogP contribution in [0.25, 0.3) is 5.70 Å². The molecule has 0 spiro atoms. The summed E-state index contributed by atoms with van der Waals surface area (Å²) in [5.41, 5.74) is 9.01. The molecule has 0 unspecified atom stereocenters. The summed E-state index contributed by atoms with van der Waals surface area (Å²) in [6.45, 7) is 0.288. The van der Waals surface area contributed by atoms with E-state index in [2.05, 4.69) is 25.4 Å². The number of nitrogens with one attached hydrogen (secondary N) is 1. The first-order valence-electron chi connectivity index (χ1n) is 11.6. The lowest BCUT2D eigenvalue weighted by Gasteiger charge is -2.15. The molecule has 2 aromatic heterocycles. The maximum Gasteiger partial charge on any atom is 0.254 e. The van der Waals surface area contributed by atoms with Crippen molar-refractivity contribution in [2.75, 3.05) is 11.9 Å². The number of aliphatic imine (C=N–C) groups is 1. The van der Waals surface area contributed by atoms with Crippen molar-refractivity contribution in [1.82, 2.24) is 20.0 Å². The molecule has 2 aromatic carbocycles. The van der Waals surface area contributed by atoms with Crippen LogP contribution in [0.5, 0.6) is 0 Å². The van der Waals surface area contributed by atoms with Gasteiger partial charge in [0.05, 0.1) is 18.0 Å². The Morgan fingerprint density at radius 1 is 1.16 bits per heavy atom. The van der Waals surface area contributed by atoms with Gasteiger partial charge in [0.2, 0.25) is 5.91 Å². The molecule has 10 nitrogen and oxygen atoms in total. The van der Waals surface area contributed by atoms with Crippen LogP contribution in [-0.2, 0) is 17.9 Å². The zero-order valence-electron chi connectivity index (χ0n) is 20.0. The first-order valence-corrected chi connectivity index (χ1v) is 11.6. The summed E-state index contributed by atoms with van der Waals surface area (Å²) < 4.78 is 19.0. The van der Waals surface area contributed by atoms with Gasteiger partial charge in [0, 0.05) is 29.9 Å². The molecule has 5 rings (SSSR count). The minimum absolute atomic E-state index is 0.0503. The van der Waals surface area contributed by atoms with E-state index in [0.29, 0.717) is 29.1 Å². The number of nitrogens with two attached hydrogens (primary N) is 1. The predicted octanol–water partition coefficient (Wildman–Crippen LogP) is 3.19. The number of benzene rings is 2.